The molecule has 0 bridgehead atoms. The molecule has 3 rings (SSSR count). The number of halogens is 1. The van der Waals surface area contributed by atoms with Gasteiger partial charge in [-0.3, -0.25) is 0 Å². The highest BCUT2D eigenvalue weighted by Gasteiger charge is 2.17. The molecule has 18 heavy (non-hydrogen) atoms. The van der Waals surface area contributed by atoms with Gasteiger partial charge in [0.1, 0.15) is 5.00 Å². The third-order valence-corrected chi connectivity index (χ3v) is 4.59. The maximum atomic E-state index is 5.40. The van der Waals surface area contributed by atoms with Crippen molar-refractivity contribution >= 4 is 39.1 Å². The van der Waals surface area contributed by atoms with Crippen molar-refractivity contribution in [2.75, 3.05) is 31.2 Å². The van der Waals surface area contributed by atoms with Gasteiger partial charge in [0.2, 0.25) is 0 Å². The number of morpholine rings is 1. The summed E-state index contributed by atoms with van der Waals surface area (Å²) in [5.41, 5.74) is 2.48. The highest BCUT2D eigenvalue weighted by molar-refractivity contribution is 14.1. The Morgan fingerprint density at radius 2 is 1.89 bits per heavy atom. The second-order valence-corrected chi connectivity index (χ2v) is 6.18. The van der Waals surface area contributed by atoms with Gasteiger partial charge < -0.3 is 9.64 Å². The highest BCUT2D eigenvalue weighted by atomic mass is 127. The summed E-state index contributed by atoms with van der Waals surface area (Å²) in [7, 11) is 0. The average molecular weight is 372 g/mol. The van der Waals surface area contributed by atoms with Crippen molar-refractivity contribution in [3.63, 3.8) is 0 Å². The van der Waals surface area contributed by atoms with Crippen LogP contribution >= 0.6 is 34.1 Å². The van der Waals surface area contributed by atoms with Crippen molar-refractivity contribution in [2.24, 2.45) is 0 Å². The first kappa shape index (κ1) is 12.4. The SMILES string of the molecule is Ic1ccc(-c2cnsc2N2CCOCC2)cc1. The minimum atomic E-state index is 0.810. The molecule has 94 valence electrons. The number of rotatable bonds is 2. The fourth-order valence-electron chi connectivity index (χ4n) is 2.06. The maximum Gasteiger partial charge on any atom is 0.120 e. The Morgan fingerprint density at radius 3 is 2.61 bits per heavy atom. The summed E-state index contributed by atoms with van der Waals surface area (Å²) in [4.78, 5) is 2.37. The van der Waals surface area contributed by atoms with Crippen LogP contribution < -0.4 is 4.90 Å². The number of nitrogens with zero attached hydrogens (tertiary/aromatic N) is 2. The lowest BCUT2D eigenvalue weighted by Gasteiger charge is -2.28. The molecular weight excluding hydrogens is 359 g/mol. The summed E-state index contributed by atoms with van der Waals surface area (Å²) in [5, 5.41) is 1.26. The fourth-order valence-corrected chi connectivity index (χ4v) is 3.24. The lowest BCUT2D eigenvalue weighted by Crippen LogP contribution is -2.35. The Bertz CT molecular complexity index is 520. The van der Waals surface area contributed by atoms with Gasteiger partial charge in [-0.25, -0.2) is 0 Å². The van der Waals surface area contributed by atoms with Crippen molar-refractivity contribution in [3.8, 4) is 11.1 Å². The average Bonchev–Trinajstić information content (AvgIpc) is 2.90. The van der Waals surface area contributed by atoms with Gasteiger partial charge in [-0.2, -0.15) is 4.37 Å². The van der Waals surface area contributed by atoms with Crippen LogP contribution in [-0.2, 0) is 4.74 Å². The normalized spacial score (nSPS) is 15.9. The van der Waals surface area contributed by atoms with Gasteiger partial charge in [-0.1, -0.05) is 12.1 Å². The molecule has 0 spiro atoms. The third kappa shape index (κ3) is 2.53. The van der Waals surface area contributed by atoms with E-state index in [0.29, 0.717) is 0 Å². The number of benzene rings is 1. The van der Waals surface area contributed by atoms with Crippen molar-refractivity contribution in [2.45, 2.75) is 0 Å². The topological polar surface area (TPSA) is 25.4 Å². The van der Waals surface area contributed by atoms with E-state index in [4.69, 9.17) is 4.74 Å². The molecule has 1 saturated heterocycles. The molecular formula is C13H13IN2OS. The minimum Gasteiger partial charge on any atom is -0.378 e. The molecule has 1 aromatic heterocycles. The number of aromatic nitrogens is 1. The molecule has 2 heterocycles. The predicted octanol–water partition coefficient (Wildman–Crippen LogP) is 3.25. The molecule has 0 N–H and O–H groups in total. The molecule has 1 fully saturated rings. The van der Waals surface area contributed by atoms with Gasteiger partial charge in [0.15, 0.2) is 0 Å². The molecule has 0 atom stereocenters. The molecule has 1 aliphatic rings. The Labute approximate surface area is 124 Å². The standard InChI is InChI=1S/C13H13IN2OS/c14-11-3-1-10(2-4-11)12-9-15-18-13(12)16-5-7-17-8-6-16/h1-4,9H,5-8H2. The van der Waals surface area contributed by atoms with Gasteiger partial charge in [-0.05, 0) is 51.8 Å². The molecule has 0 unspecified atom stereocenters. The second kappa shape index (κ2) is 5.54. The van der Waals surface area contributed by atoms with E-state index in [0.717, 1.165) is 26.3 Å². The zero-order valence-corrected chi connectivity index (χ0v) is 12.8. The van der Waals surface area contributed by atoms with Gasteiger partial charge in [-0.15, -0.1) is 0 Å². The Kier molecular flexibility index (Phi) is 3.81. The second-order valence-electron chi connectivity index (χ2n) is 4.15. The van der Waals surface area contributed by atoms with E-state index in [2.05, 4.69) is 56.1 Å². The number of hydrogen-bond donors (Lipinski definition) is 0. The summed E-state index contributed by atoms with van der Waals surface area (Å²) in [6, 6.07) is 8.60. The van der Waals surface area contributed by atoms with E-state index in [1.165, 1.54) is 19.7 Å². The van der Waals surface area contributed by atoms with Crippen molar-refractivity contribution < 1.29 is 4.74 Å². The van der Waals surface area contributed by atoms with E-state index < -0.39 is 0 Å². The lowest BCUT2D eigenvalue weighted by atomic mass is 10.1. The Morgan fingerprint density at radius 1 is 1.17 bits per heavy atom. The Hall–Kier alpha value is -0.660. The van der Waals surface area contributed by atoms with Crippen molar-refractivity contribution in [1.29, 1.82) is 0 Å². The fraction of sp³-hybridized carbons (Fsp3) is 0.308. The molecule has 3 nitrogen and oxygen atoms in total. The van der Waals surface area contributed by atoms with Crippen LogP contribution in [0.5, 0.6) is 0 Å². The van der Waals surface area contributed by atoms with Crippen LogP contribution in [-0.4, -0.2) is 30.7 Å². The monoisotopic (exact) mass is 372 g/mol. The van der Waals surface area contributed by atoms with Crippen LogP contribution in [0.2, 0.25) is 0 Å². The van der Waals surface area contributed by atoms with Crippen LogP contribution in [0.3, 0.4) is 0 Å². The van der Waals surface area contributed by atoms with E-state index >= 15 is 0 Å². The summed E-state index contributed by atoms with van der Waals surface area (Å²) < 4.78 is 11.0. The zero-order valence-electron chi connectivity index (χ0n) is 9.80. The molecule has 1 aliphatic heterocycles. The first-order valence-electron chi connectivity index (χ1n) is 5.88. The van der Waals surface area contributed by atoms with Crippen LogP contribution in [0.4, 0.5) is 5.00 Å². The molecule has 2 aromatic rings. The van der Waals surface area contributed by atoms with Crippen LogP contribution in [0.1, 0.15) is 0 Å². The van der Waals surface area contributed by atoms with E-state index in [9.17, 15) is 0 Å². The first-order valence-corrected chi connectivity index (χ1v) is 7.73. The van der Waals surface area contributed by atoms with Gasteiger partial charge in [0.25, 0.3) is 0 Å². The summed E-state index contributed by atoms with van der Waals surface area (Å²) >= 11 is 3.90. The quantitative estimate of drug-likeness (QED) is 0.757. The number of anilines is 1. The molecule has 0 radical (unpaired) electrons. The molecule has 0 amide bonds. The van der Waals surface area contributed by atoms with Crippen molar-refractivity contribution in [1.82, 2.24) is 4.37 Å². The zero-order chi connectivity index (χ0) is 12.4. The first-order chi connectivity index (χ1) is 8.84. The van der Waals surface area contributed by atoms with Crippen LogP contribution in [0.25, 0.3) is 11.1 Å². The Balaban J connectivity index is 1.93. The largest absolute Gasteiger partial charge is 0.378 e. The molecule has 5 heteroatoms. The highest BCUT2D eigenvalue weighted by Crippen LogP contribution is 2.34. The van der Waals surface area contributed by atoms with Crippen LogP contribution in [0, 0.1) is 3.57 Å². The summed E-state index contributed by atoms with van der Waals surface area (Å²) in [5.74, 6) is 0. The van der Waals surface area contributed by atoms with E-state index in [-0.39, 0.29) is 0 Å². The van der Waals surface area contributed by atoms with Crippen molar-refractivity contribution in [3.05, 3.63) is 34.0 Å². The van der Waals surface area contributed by atoms with Crippen LogP contribution in [0.15, 0.2) is 30.5 Å². The smallest absolute Gasteiger partial charge is 0.120 e. The number of ether oxygens (including phenoxy) is 1. The minimum absolute atomic E-state index is 0.810. The molecule has 0 aliphatic carbocycles. The van der Waals surface area contributed by atoms with Gasteiger partial charge >= 0.3 is 0 Å². The van der Waals surface area contributed by atoms with Gasteiger partial charge in [0, 0.05) is 22.2 Å². The van der Waals surface area contributed by atoms with E-state index in [1.54, 1.807) is 11.5 Å². The molecule has 1 aromatic carbocycles. The molecule has 0 saturated carbocycles. The third-order valence-electron chi connectivity index (χ3n) is 3.00. The van der Waals surface area contributed by atoms with Gasteiger partial charge in [0.05, 0.1) is 19.4 Å². The summed E-state index contributed by atoms with van der Waals surface area (Å²) in [6.45, 7) is 3.53. The number of hydrogen-bond acceptors (Lipinski definition) is 4. The van der Waals surface area contributed by atoms with E-state index in [1.807, 2.05) is 6.20 Å². The summed E-state index contributed by atoms with van der Waals surface area (Å²) in [6.07, 6.45) is 1.97. The predicted molar refractivity (Wildman–Crippen MR) is 83.3 cm³/mol. The maximum absolute atomic E-state index is 5.40. The lowest BCUT2D eigenvalue weighted by molar-refractivity contribution is 0.123.